The van der Waals surface area contributed by atoms with Crippen LogP contribution in [0.4, 0.5) is 0 Å². The van der Waals surface area contributed by atoms with E-state index in [9.17, 15) is 4.79 Å². The molecule has 1 N–H and O–H groups in total. The number of fused-ring (bicyclic) bond motifs is 1. The average molecular weight is 258 g/mol. The van der Waals surface area contributed by atoms with Gasteiger partial charge in [-0.1, -0.05) is 13.8 Å². The fraction of sp³-hybridized carbons (Fsp3) is 0.357. The molecule has 2 aromatic heterocycles. The van der Waals surface area contributed by atoms with E-state index in [0.717, 1.165) is 23.4 Å². The first-order chi connectivity index (χ1) is 9.25. The zero-order valence-electron chi connectivity index (χ0n) is 11.5. The summed E-state index contributed by atoms with van der Waals surface area (Å²) in [5.74, 6) is -0.0572. The van der Waals surface area contributed by atoms with E-state index in [1.165, 1.54) is 0 Å². The lowest BCUT2D eigenvalue weighted by molar-refractivity contribution is 0.0925. The van der Waals surface area contributed by atoms with E-state index in [1.807, 2.05) is 32.9 Å². The molecule has 0 saturated heterocycles. The molecule has 0 bridgehead atoms. The minimum Gasteiger partial charge on any atom is -0.349 e. The lowest BCUT2D eigenvalue weighted by Crippen LogP contribution is -2.35. The molecule has 0 aromatic carbocycles. The molecule has 100 valence electrons. The Morgan fingerprint density at radius 2 is 2.16 bits per heavy atom. The Kier molecular flexibility index (Phi) is 3.94. The Morgan fingerprint density at radius 1 is 1.37 bits per heavy atom. The van der Waals surface area contributed by atoms with Crippen LogP contribution in [0.25, 0.3) is 11.1 Å². The predicted octanol–water partition coefficient (Wildman–Crippen LogP) is 2.02. The van der Waals surface area contributed by atoms with E-state index in [4.69, 9.17) is 0 Å². The molecule has 0 radical (unpaired) electrons. The third-order valence-electron chi connectivity index (χ3n) is 2.87. The van der Waals surface area contributed by atoms with E-state index in [1.54, 1.807) is 17.1 Å². The molecule has 0 unspecified atom stereocenters. The van der Waals surface area contributed by atoms with Gasteiger partial charge in [0.25, 0.3) is 5.91 Å². The van der Waals surface area contributed by atoms with Crippen molar-refractivity contribution in [3.63, 3.8) is 0 Å². The number of carbonyl (C=O) groups is 1. The van der Waals surface area contributed by atoms with Crippen molar-refractivity contribution in [1.82, 2.24) is 20.1 Å². The zero-order valence-corrected chi connectivity index (χ0v) is 11.5. The minimum atomic E-state index is -0.0572. The van der Waals surface area contributed by atoms with E-state index < -0.39 is 0 Å². The van der Waals surface area contributed by atoms with Crippen LogP contribution in [0, 0.1) is 6.92 Å². The number of hydrogen-bond acceptors (Lipinski definition) is 3. The molecule has 0 spiro atoms. The van der Waals surface area contributed by atoms with E-state index in [2.05, 4.69) is 15.4 Å². The SMILES string of the molecule is CC.Cc1cc(-c2cnn3c2C(=O)NCC3)ccn1. The average Bonchev–Trinajstić information content (AvgIpc) is 2.86. The molecule has 19 heavy (non-hydrogen) atoms. The molecule has 1 aliphatic rings. The summed E-state index contributed by atoms with van der Waals surface area (Å²) < 4.78 is 1.75. The molecule has 2 aromatic rings. The van der Waals surface area contributed by atoms with Crippen LogP contribution in [0.15, 0.2) is 24.5 Å². The van der Waals surface area contributed by atoms with E-state index in [-0.39, 0.29) is 5.91 Å². The number of aromatic nitrogens is 3. The first kappa shape index (κ1) is 13.3. The topological polar surface area (TPSA) is 59.8 Å². The van der Waals surface area contributed by atoms with Crippen LogP contribution in [0.3, 0.4) is 0 Å². The standard InChI is InChI=1S/C12H12N4O.C2H6/c1-8-6-9(2-3-13-8)10-7-15-16-5-4-14-12(17)11(10)16;1-2/h2-3,6-7H,4-5H2,1H3,(H,14,17);1-2H3. The summed E-state index contributed by atoms with van der Waals surface area (Å²) in [7, 11) is 0. The quantitative estimate of drug-likeness (QED) is 0.851. The monoisotopic (exact) mass is 258 g/mol. The first-order valence-corrected chi connectivity index (χ1v) is 6.53. The van der Waals surface area contributed by atoms with Gasteiger partial charge in [-0.05, 0) is 24.6 Å². The summed E-state index contributed by atoms with van der Waals surface area (Å²) in [5.41, 5.74) is 3.42. The van der Waals surface area contributed by atoms with Gasteiger partial charge in [-0.3, -0.25) is 14.5 Å². The van der Waals surface area contributed by atoms with Gasteiger partial charge >= 0.3 is 0 Å². The highest BCUT2D eigenvalue weighted by Crippen LogP contribution is 2.24. The zero-order chi connectivity index (χ0) is 13.8. The van der Waals surface area contributed by atoms with E-state index in [0.29, 0.717) is 12.2 Å². The third kappa shape index (κ3) is 2.50. The van der Waals surface area contributed by atoms with Gasteiger partial charge in [0.2, 0.25) is 0 Å². The van der Waals surface area contributed by atoms with Crippen LogP contribution >= 0.6 is 0 Å². The molecule has 0 fully saturated rings. The highest BCUT2D eigenvalue weighted by Gasteiger charge is 2.22. The van der Waals surface area contributed by atoms with Gasteiger partial charge in [-0.2, -0.15) is 5.10 Å². The Morgan fingerprint density at radius 3 is 2.89 bits per heavy atom. The van der Waals surface area contributed by atoms with Crippen molar-refractivity contribution in [1.29, 1.82) is 0 Å². The van der Waals surface area contributed by atoms with Crippen LogP contribution in [0.1, 0.15) is 30.0 Å². The molecule has 5 heteroatoms. The van der Waals surface area contributed by atoms with Crippen molar-refractivity contribution in [2.75, 3.05) is 6.54 Å². The van der Waals surface area contributed by atoms with Gasteiger partial charge in [-0.25, -0.2) is 0 Å². The van der Waals surface area contributed by atoms with Crippen LogP contribution < -0.4 is 5.32 Å². The molecule has 3 rings (SSSR count). The van der Waals surface area contributed by atoms with Crippen molar-refractivity contribution in [2.24, 2.45) is 0 Å². The second-order valence-electron chi connectivity index (χ2n) is 4.07. The largest absolute Gasteiger partial charge is 0.349 e. The van der Waals surface area contributed by atoms with Crippen molar-refractivity contribution in [3.05, 3.63) is 35.9 Å². The molecule has 1 amide bonds. The number of nitrogens with one attached hydrogen (secondary N) is 1. The van der Waals surface area contributed by atoms with Crippen molar-refractivity contribution in [2.45, 2.75) is 27.3 Å². The van der Waals surface area contributed by atoms with Crippen LogP contribution in [0.2, 0.25) is 0 Å². The third-order valence-corrected chi connectivity index (χ3v) is 2.87. The van der Waals surface area contributed by atoms with E-state index >= 15 is 0 Å². The second kappa shape index (κ2) is 5.65. The van der Waals surface area contributed by atoms with Gasteiger partial charge in [0.15, 0.2) is 0 Å². The lowest BCUT2D eigenvalue weighted by atomic mass is 10.1. The Labute approximate surface area is 112 Å². The fourth-order valence-corrected chi connectivity index (χ4v) is 2.08. The number of hydrogen-bond donors (Lipinski definition) is 1. The maximum absolute atomic E-state index is 11.8. The van der Waals surface area contributed by atoms with Gasteiger partial charge in [0.05, 0.1) is 12.7 Å². The number of nitrogens with zero attached hydrogens (tertiary/aromatic N) is 3. The van der Waals surface area contributed by atoms with Crippen LogP contribution in [-0.2, 0) is 6.54 Å². The number of amides is 1. The highest BCUT2D eigenvalue weighted by molar-refractivity contribution is 5.99. The number of aryl methyl sites for hydroxylation is 1. The summed E-state index contributed by atoms with van der Waals surface area (Å²) in [6, 6.07) is 3.85. The lowest BCUT2D eigenvalue weighted by Gasteiger charge is -2.15. The normalized spacial score (nSPS) is 13.1. The smallest absolute Gasteiger partial charge is 0.270 e. The number of carbonyl (C=O) groups excluding carboxylic acids is 1. The second-order valence-corrected chi connectivity index (χ2v) is 4.07. The summed E-state index contributed by atoms with van der Waals surface area (Å²) in [5, 5.41) is 7.08. The number of pyridine rings is 1. The molecule has 0 aliphatic carbocycles. The van der Waals surface area contributed by atoms with Gasteiger partial charge < -0.3 is 5.32 Å². The van der Waals surface area contributed by atoms with Gasteiger partial charge in [0, 0.05) is 24.0 Å². The van der Waals surface area contributed by atoms with Crippen molar-refractivity contribution in [3.8, 4) is 11.1 Å². The molecule has 3 heterocycles. The van der Waals surface area contributed by atoms with Crippen LogP contribution in [0.5, 0.6) is 0 Å². The maximum atomic E-state index is 11.8. The molecule has 0 saturated carbocycles. The molecule has 0 atom stereocenters. The van der Waals surface area contributed by atoms with Crippen molar-refractivity contribution < 1.29 is 4.79 Å². The molecule has 5 nitrogen and oxygen atoms in total. The summed E-state index contributed by atoms with van der Waals surface area (Å²) in [6.45, 7) is 7.30. The summed E-state index contributed by atoms with van der Waals surface area (Å²) >= 11 is 0. The maximum Gasteiger partial charge on any atom is 0.270 e. The summed E-state index contributed by atoms with van der Waals surface area (Å²) in [4.78, 5) is 16.0. The first-order valence-electron chi connectivity index (χ1n) is 6.53. The minimum absolute atomic E-state index is 0.0572. The van der Waals surface area contributed by atoms with Gasteiger partial charge in [-0.15, -0.1) is 0 Å². The highest BCUT2D eigenvalue weighted by atomic mass is 16.2. The van der Waals surface area contributed by atoms with Crippen molar-refractivity contribution >= 4 is 5.91 Å². The Hall–Kier alpha value is -2.17. The molecular formula is C14H18N4O. The predicted molar refractivity (Wildman–Crippen MR) is 73.9 cm³/mol. The Bertz CT molecular complexity index is 589. The fourth-order valence-electron chi connectivity index (χ4n) is 2.08. The number of rotatable bonds is 1. The van der Waals surface area contributed by atoms with Crippen LogP contribution in [-0.4, -0.2) is 27.2 Å². The Balaban J connectivity index is 0.000000637. The molecular weight excluding hydrogens is 240 g/mol. The van der Waals surface area contributed by atoms with Gasteiger partial charge in [0.1, 0.15) is 5.69 Å². The summed E-state index contributed by atoms with van der Waals surface area (Å²) in [6.07, 6.45) is 3.49. The molecule has 1 aliphatic heterocycles.